The van der Waals surface area contributed by atoms with Crippen molar-refractivity contribution in [2.75, 3.05) is 4.90 Å². The van der Waals surface area contributed by atoms with Crippen LogP contribution in [0.4, 0.5) is 5.69 Å². The van der Waals surface area contributed by atoms with Crippen molar-refractivity contribution in [1.82, 2.24) is 0 Å². The van der Waals surface area contributed by atoms with Gasteiger partial charge in [0.25, 0.3) is 0 Å². The van der Waals surface area contributed by atoms with Crippen molar-refractivity contribution < 1.29 is 23.5 Å². The number of furan rings is 1. The fourth-order valence-electron chi connectivity index (χ4n) is 3.29. The fourth-order valence-corrected chi connectivity index (χ4v) is 3.29. The molecule has 2 heterocycles. The summed E-state index contributed by atoms with van der Waals surface area (Å²) in [6, 6.07) is 9.48. The molecule has 2 atom stereocenters. The van der Waals surface area contributed by atoms with Gasteiger partial charge in [0, 0.05) is 6.07 Å². The van der Waals surface area contributed by atoms with Gasteiger partial charge in [-0.25, -0.2) is 9.69 Å². The van der Waals surface area contributed by atoms with E-state index < -0.39 is 5.97 Å². The molecule has 1 saturated heterocycles. The topological polar surface area (TPSA) is 76.8 Å². The van der Waals surface area contributed by atoms with E-state index in [1.807, 2.05) is 12.2 Å². The SMILES string of the molecule is O=C(Oc1cccc(N2C(=O)[C@H]3CC=CC[C@@H]3C2=O)c1)c1ccco1. The molecule has 1 aliphatic heterocycles. The van der Waals surface area contributed by atoms with Gasteiger partial charge in [-0.2, -0.15) is 0 Å². The highest BCUT2D eigenvalue weighted by atomic mass is 16.5. The first-order valence-electron chi connectivity index (χ1n) is 8.03. The molecule has 126 valence electrons. The van der Waals surface area contributed by atoms with Crippen molar-refractivity contribution >= 4 is 23.5 Å². The smallest absolute Gasteiger partial charge is 0.379 e. The average molecular weight is 337 g/mol. The Morgan fingerprint density at radius 3 is 2.40 bits per heavy atom. The number of amides is 2. The first kappa shape index (κ1) is 15.4. The van der Waals surface area contributed by atoms with Crippen molar-refractivity contribution in [1.29, 1.82) is 0 Å². The van der Waals surface area contributed by atoms with Crippen molar-refractivity contribution in [3.05, 3.63) is 60.6 Å². The zero-order valence-corrected chi connectivity index (χ0v) is 13.3. The molecule has 0 spiro atoms. The lowest BCUT2D eigenvalue weighted by Crippen LogP contribution is -2.30. The summed E-state index contributed by atoms with van der Waals surface area (Å²) >= 11 is 0. The van der Waals surface area contributed by atoms with Crippen LogP contribution in [0.1, 0.15) is 23.4 Å². The highest BCUT2D eigenvalue weighted by Gasteiger charge is 2.47. The van der Waals surface area contributed by atoms with Crippen LogP contribution in [-0.2, 0) is 9.59 Å². The number of nitrogens with zero attached hydrogens (tertiary/aromatic N) is 1. The first-order chi connectivity index (χ1) is 12.1. The van der Waals surface area contributed by atoms with E-state index in [0.717, 1.165) is 0 Å². The number of rotatable bonds is 3. The van der Waals surface area contributed by atoms with Crippen molar-refractivity contribution in [2.45, 2.75) is 12.8 Å². The van der Waals surface area contributed by atoms with Gasteiger partial charge in [-0.05, 0) is 37.1 Å². The largest absolute Gasteiger partial charge is 0.457 e. The highest BCUT2D eigenvalue weighted by molar-refractivity contribution is 6.22. The van der Waals surface area contributed by atoms with Gasteiger partial charge < -0.3 is 9.15 Å². The normalized spacial score (nSPS) is 22.2. The molecule has 0 bridgehead atoms. The minimum atomic E-state index is -0.640. The van der Waals surface area contributed by atoms with E-state index in [0.29, 0.717) is 18.5 Å². The molecule has 1 aliphatic carbocycles. The number of esters is 1. The van der Waals surface area contributed by atoms with Crippen LogP contribution in [0.25, 0.3) is 0 Å². The molecule has 4 rings (SSSR count). The number of ether oxygens (including phenoxy) is 1. The van der Waals surface area contributed by atoms with Crippen LogP contribution in [0.2, 0.25) is 0 Å². The number of hydrogen-bond donors (Lipinski definition) is 0. The summed E-state index contributed by atoms with van der Waals surface area (Å²) in [5, 5.41) is 0. The lowest BCUT2D eigenvalue weighted by Gasteiger charge is -2.15. The average Bonchev–Trinajstić information content (AvgIpc) is 3.24. The van der Waals surface area contributed by atoms with Gasteiger partial charge in [-0.1, -0.05) is 18.2 Å². The zero-order chi connectivity index (χ0) is 17.4. The Balaban J connectivity index is 1.58. The van der Waals surface area contributed by atoms with E-state index in [2.05, 4.69) is 0 Å². The Hall–Kier alpha value is -3.15. The molecule has 25 heavy (non-hydrogen) atoms. The number of imide groups is 1. The summed E-state index contributed by atoms with van der Waals surface area (Å²) < 4.78 is 10.2. The molecular formula is C19H15NO5. The quantitative estimate of drug-likeness (QED) is 0.372. The standard InChI is InChI=1S/C19H15NO5/c21-17-14-7-1-2-8-15(14)18(22)20(17)12-5-3-6-13(11-12)25-19(23)16-9-4-10-24-16/h1-6,9-11,14-15H,7-8H2/t14-,15-/m0/s1. The summed E-state index contributed by atoms with van der Waals surface area (Å²) in [5.74, 6) is -1.32. The first-order valence-corrected chi connectivity index (χ1v) is 8.03. The van der Waals surface area contributed by atoms with Gasteiger partial charge in [-0.3, -0.25) is 9.59 Å². The maximum absolute atomic E-state index is 12.6. The Morgan fingerprint density at radius 1 is 1.04 bits per heavy atom. The van der Waals surface area contributed by atoms with E-state index in [4.69, 9.17) is 9.15 Å². The van der Waals surface area contributed by atoms with E-state index in [-0.39, 0.29) is 35.2 Å². The third kappa shape index (κ3) is 2.65. The number of fused-ring (bicyclic) bond motifs is 1. The molecule has 1 aromatic heterocycles. The predicted molar refractivity (Wildman–Crippen MR) is 88.0 cm³/mol. The number of carbonyl (C=O) groups is 3. The van der Waals surface area contributed by atoms with E-state index in [1.54, 1.807) is 24.3 Å². The Kier molecular flexibility index (Phi) is 3.72. The number of benzene rings is 1. The zero-order valence-electron chi connectivity index (χ0n) is 13.3. The van der Waals surface area contributed by atoms with Gasteiger partial charge in [0.2, 0.25) is 17.6 Å². The van der Waals surface area contributed by atoms with Gasteiger partial charge in [-0.15, -0.1) is 0 Å². The number of hydrogen-bond acceptors (Lipinski definition) is 5. The van der Waals surface area contributed by atoms with Crippen molar-refractivity contribution in [3.63, 3.8) is 0 Å². The molecule has 1 fully saturated rings. The molecule has 2 amide bonds. The molecular weight excluding hydrogens is 322 g/mol. The van der Waals surface area contributed by atoms with Crippen LogP contribution in [0.3, 0.4) is 0 Å². The maximum atomic E-state index is 12.6. The third-order valence-electron chi connectivity index (χ3n) is 4.52. The number of anilines is 1. The van der Waals surface area contributed by atoms with Crippen LogP contribution < -0.4 is 9.64 Å². The van der Waals surface area contributed by atoms with Gasteiger partial charge in [0.1, 0.15) is 5.75 Å². The van der Waals surface area contributed by atoms with Gasteiger partial charge in [0.15, 0.2) is 0 Å². The van der Waals surface area contributed by atoms with E-state index in [9.17, 15) is 14.4 Å². The predicted octanol–water partition coefficient (Wildman–Crippen LogP) is 2.95. The molecule has 0 saturated carbocycles. The Bertz CT molecular complexity index is 842. The molecule has 1 aromatic carbocycles. The third-order valence-corrected chi connectivity index (χ3v) is 4.52. The van der Waals surface area contributed by atoms with Crippen LogP contribution in [0.5, 0.6) is 5.75 Å². The number of carbonyl (C=O) groups excluding carboxylic acids is 3. The van der Waals surface area contributed by atoms with E-state index in [1.165, 1.54) is 23.3 Å². The lowest BCUT2D eigenvalue weighted by atomic mass is 9.85. The maximum Gasteiger partial charge on any atom is 0.379 e. The molecule has 2 aliphatic rings. The molecule has 2 aromatic rings. The van der Waals surface area contributed by atoms with Gasteiger partial charge >= 0.3 is 5.97 Å². The summed E-state index contributed by atoms with van der Waals surface area (Å²) in [7, 11) is 0. The second-order valence-corrected chi connectivity index (χ2v) is 6.03. The summed E-state index contributed by atoms with van der Waals surface area (Å²) in [5.41, 5.74) is 0.411. The molecule has 0 N–H and O–H groups in total. The Morgan fingerprint density at radius 2 is 1.76 bits per heavy atom. The highest BCUT2D eigenvalue weighted by Crippen LogP contribution is 2.38. The summed E-state index contributed by atoms with van der Waals surface area (Å²) in [6.07, 6.45) is 6.43. The van der Waals surface area contributed by atoms with Crippen molar-refractivity contribution in [3.8, 4) is 5.75 Å². The molecule has 6 heteroatoms. The Labute approximate surface area is 143 Å². The van der Waals surface area contributed by atoms with Crippen LogP contribution in [-0.4, -0.2) is 17.8 Å². The summed E-state index contributed by atoms with van der Waals surface area (Å²) in [6.45, 7) is 0. The van der Waals surface area contributed by atoms with Crippen molar-refractivity contribution in [2.24, 2.45) is 11.8 Å². The number of allylic oxidation sites excluding steroid dienone is 2. The minimum Gasteiger partial charge on any atom is -0.457 e. The van der Waals surface area contributed by atoms with E-state index >= 15 is 0 Å². The van der Waals surface area contributed by atoms with Gasteiger partial charge in [0.05, 0.1) is 23.8 Å². The molecule has 0 radical (unpaired) electrons. The lowest BCUT2D eigenvalue weighted by molar-refractivity contribution is -0.122. The van der Waals surface area contributed by atoms with Crippen LogP contribution in [0, 0.1) is 11.8 Å². The summed E-state index contributed by atoms with van der Waals surface area (Å²) in [4.78, 5) is 38.4. The van der Waals surface area contributed by atoms with Crippen LogP contribution in [0.15, 0.2) is 59.2 Å². The van der Waals surface area contributed by atoms with Crippen LogP contribution >= 0.6 is 0 Å². The molecule has 0 unspecified atom stereocenters. The second kappa shape index (κ2) is 6.05. The molecule has 6 nitrogen and oxygen atoms in total. The fraction of sp³-hybridized carbons (Fsp3) is 0.211. The minimum absolute atomic E-state index is 0.0795. The monoisotopic (exact) mass is 337 g/mol. The second-order valence-electron chi connectivity index (χ2n) is 6.03.